The first kappa shape index (κ1) is 9.51. The van der Waals surface area contributed by atoms with Gasteiger partial charge in [-0.1, -0.05) is 0 Å². The van der Waals surface area contributed by atoms with Gasteiger partial charge in [0.15, 0.2) is 0 Å². The van der Waals surface area contributed by atoms with Crippen molar-refractivity contribution in [1.82, 2.24) is 5.01 Å². The Kier molecular flexibility index (Phi) is 3.25. The first-order valence-corrected chi connectivity index (χ1v) is 4.09. The van der Waals surface area contributed by atoms with Gasteiger partial charge in [0.1, 0.15) is 0 Å². The fraction of sp³-hybridized carbons (Fsp3) is 0.333. The van der Waals surface area contributed by atoms with Crippen LogP contribution in [0.2, 0.25) is 0 Å². The molecular weight excluding hydrogens is 168 g/mol. The number of rotatable bonds is 1. The topological polar surface area (TPSA) is 41.9 Å². The number of nitrogens with zero attached hydrogens (tertiary/aromatic N) is 2. The molecule has 0 unspecified atom stereocenters. The molecule has 1 aliphatic heterocycles. The first-order valence-electron chi connectivity index (χ1n) is 4.09. The van der Waals surface area contributed by atoms with E-state index in [-0.39, 0.29) is 0 Å². The molecule has 1 amide bonds. The molecule has 0 atom stereocenters. The maximum atomic E-state index is 11.2. The number of hydrazone groups is 1. The molecule has 0 aromatic carbocycles. The van der Waals surface area contributed by atoms with E-state index in [1.165, 1.54) is 0 Å². The van der Waals surface area contributed by atoms with Gasteiger partial charge in [0, 0.05) is 12.4 Å². The first-order chi connectivity index (χ1) is 6.24. The summed E-state index contributed by atoms with van der Waals surface area (Å²) in [6.07, 6.45) is 6.29. The van der Waals surface area contributed by atoms with Crippen molar-refractivity contribution < 1.29 is 9.53 Å². The highest BCUT2D eigenvalue weighted by Gasteiger charge is 2.09. The van der Waals surface area contributed by atoms with Gasteiger partial charge < -0.3 is 4.74 Å². The van der Waals surface area contributed by atoms with E-state index in [1.807, 2.05) is 13.0 Å². The van der Waals surface area contributed by atoms with Gasteiger partial charge in [-0.15, -0.1) is 0 Å². The highest BCUT2D eigenvalue weighted by atomic mass is 16.6. The number of carbonyl (C=O) groups is 1. The van der Waals surface area contributed by atoms with Crippen molar-refractivity contribution in [3.05, 3.63) is 23.9 Å². The van der Waals surface area contributed by atoms with Gasteiger partial charge in [0.05, 0.1) is 6.61 Å². The van der Waals surface area contributed by atoms with Gasteiger partial charge in [0.25, 0.3) is 0 Å². The highest BCUT2D eigenvalue weighted by molar-refractivity contribution is 5.77. The number of amides is 1. The van der Waals surface area contributed by atoms with Gasteiger partial charge in [-0.3, -0.25) is 0 Å². The lowest BCUT2D eigenvalue weighted by Crippen LogP contribution is -2.20. The van der Waals surface area contributed by atoms with Crippen molar-refractivity contribution in [2.24, 2.45) is 5.10 Å². The summed E-state index contributed by atoms with van der Waals surface area (Å²) in [6, 6.07) is 0. The maximum Gasteiger partial charge on any atom is 0.434 e. The largest absolute Gasteiger partial charge is 0.448 e. The molecule has 0 N–H and O–H groups in total. The molecule has 70 valence electrons. The molecule has 0 radical (unpaired) electrons. The quantitative estimate of drug-likeness (QED) is 0.618. The molecule has 4 nitrogen and oxygen atoms in total. The maximum absolute atomic E-state index is 11.2. The summed E-state index contributed by atoms with van der Waals surface area (Å²) in [5, 5.41) is 5.03. The summed E-state index contributed by atoms with van der Waals surface area (Å²) in [5.74, 6) is 0. The predicted molar refractivity (Wildman–Crippen MR) is 50.3 cm³/mol. The molecule has 0 fully saturated rings. The molecular formula is C9H12N2O2. The molecule has 0 aliphatic carbocycles. The Morgan fingerprint density at radius 1 is 1.69 bits per heavy atom. The van der Waals surface area contributed by atoms with Crippen LogP contribution in [0.3, 0.4) is 0 Å². The molecule has 13 heavy (non-hydrogen) atoms. The van der Waals surface area contributed by atoms with Crippen LogP contribution in [0, 0.1) is 0 Å². The molecule has 0 bridgehead atoms. The standard InChI is InChI=1S/C9H12N2O2/c1-3-13-9(12)11-7-5-8(2)4-6-10-11/h4-7H,3H2,1-2H3. The number of allylic oxidation sites excluding steroid dienone is 3. The van der Waals surface area contributed by atoms with Crippen molar-refractivity contribution in [2.45, 2.75) is 13.8 Å². The Balaban J connectivity index is 2.64. The van der Waals surface area contributed by atoms with Crippen LogP contribution in [0.5, 0.6) is 0 Å². The van der Waals surface area contributed by atoms with E-state index in [0.29, 0.717) is 6.61 Å². The lowest BCUT2D eigenvalue weighted by molar-refractivity contribution is 0.123. The summed E-state index contributed by atoms with van der Waals surface area (Å²) >= 11 is 0. The van der Waals surface area contributed by atoms with Gasteiger partial charge in [-0.25, -0.2) is 4.79 Å². The summed E-state index contributed by atoms with van der Waals surface area (Å²) in [4.78, 5) is 11.2. The molecule has 4 heteroatoms. The number of carbonyl (C=O) groups excluding carboxylic acids is 1. The third kappa shape index (κ3) is 2.74. The van der Waals surface area contributed by atoms with Crippen molar-refractivity contribution in [3.8, 4) is 0 Å². The van der Waals surface area contributed by atoms with E-state index in [2.05, 4.69) is 5.10 Å². The lowest BCUT2D eigenvalue weighted by Gasteiger charge is -2.09. The normalized spacial score (nSPS) is 15.2. The zero-order chi connectivity index (χ0) is 9.68. The van der Waals surface area contributed by atoms with E-state index in [1.54, 1.807) is 25.4 Å². The minimum atomic E-state index is -0.460. The van der Waals surface area contributed by atoms with Crippen molar-refractivity contribution in [1.29, 1.82) is 0 Å². The van der Waals surface area contributed by atoms with Crippen LogP contribution in [0.1, 0.15) is 13.8 Å². The van der Waals surface area contributed by atoms with E-state index in [0.717, 1.165) is 10.6 Å². The molecule has 0 spiro atoms. The van der Waals surface area contributed by atoms with Crippen LogP contribution in [0.4, 0.5) is 4.79 Å². The fourth-order valence-electron chi connectivity index (χ4n) is 0.803. The third-order valence-corrected chi connectivity index (χ3v) is 1.46. The van der Waals surface area contributed by atoms with Crippen LogP contribution in [0.25, 0.3) is 0 Å². The number of hydrogen-bond donors (Lipinski definition) is 0. The average molecular weight is 180 g/mol. The molecule has 1 heterocycles. The second kappa shape index (κ2) is 4.45. The van der Waals surface area contributed by atoms with Crippen molar-refractivity contribution >= 4 is 12.3 Å². The Hall–Kier alpha value is -1.58. The van der Waals surface area contributed by atoms with Crippen LogP contribution in [-0.2, 0) is 4.74 Å². The SMILES string of the molecule is CCOC(=O)N1C=CC(C)=CC=N1. The van der Waals surface area contributed by atoms with E-state index in [9.17, 15) is 4.79 Å². The highest BCUT2D eigenvalue weighted by Crippen LogP contribution is 2.03. The monoisotopic (exact) mass is 180 g/mol. The number of ether oxygens (including phenoxy) is 1. The molecule has 1 aliphatic rings. The molecule has 0 aromatic heterocycles. The Morgan fingerprint density at radius 2 is 2.46 bits per heavy atom. The van der Waals surface area contributed by atoms with Crippen molar-refractivity contribution in [2.75, 3.05) is 6.61 Å². The van der Waals surface area contributed by atoms with Crippen LogP contribution >= 0.6 is 0 Å². The Morgan fingerprint density at radius 3 is 3.15 bits per heavy atom. The average Bonchev–Trinajstić information content (AvgIpc) is 2.30. The molecule has 0 saturated carbocycles. The third-order valence-electron chi connectivity index (χ3n) is 1.46. The van der Waals surface area contributed by atoms with Gasteiger partial charge >= 0.3 is 6.09 Å². The van der Waals surface area contributed by atoms with Crippen molar-refractivity contribution in [3.63, 3.8) is 0 Å². The van der Waals surface area contributed by atoms with Gasteiger partial charge in [0.2, 0.25) is 0 Å². The zero-order valence-electron chi connectivity index (χ0n) is 7.73. The second-order valence-electron chi connectivity index (χ2n) is 2.53. The van der Waals surface area contributed by atoms with Crippen LogP contribution in [0.15, 0.2) is 29.0 Å². The minimum absolute atomic E-state index is 0.352. The summed E-state index contributed by atoms with van der Waals surface area (Å²) in [5.41, 5.74) is 1.04. The molecule has 1 rings (SSSR count). The Labute approximate surface area is 77.2 Å². The molecule has 0 aromatic rings. The van der Waals surface area contributed by atoms with Crippen LogP contribution < -0.4 is 0 Å². The van der Waals surface area contributed by atoms with Gasteiger partial charge in [-0.2, -0.15) is 10.1 Å². The predicted octanol–water partition coefficient (Wildman–Crippen LogP) is 1.90. The van der Waals surface area contributed by atoms with E-state index < -0.39 is 6.09 Å². The van der Waals surface area contributed by atoms with Crippen LogP contribution in [-0.4, -0.2) is 23.9 Å². The second-order valence-corrected chi connectivity index (χ2v) is 2.53. The summed E-state index contributed by atoms with van der Waals surface area (Å²) < 4.78 is 4.77. The van der Waals surface area contributed by atoms with E-state index >= 15 is 0 Å². The Bertz CT molecular complexity index is 279. The van der Waals surface area contributed by atoms with E-state index in [4.69, 9.17) is 4.74 Å². The number of hydrogen-bond acceptors (Lipinski definition) is 3. The smallest absolute Gasteiger partial charge is 0.434 e. The summed E-state index contributed by atoms with van der Waals surface area (Å²) in [6.45, 7) is 4.04. The fourth-order valence-corrected chi connectivity index (χ4v) is 0.803. The minimum Gasteiger partial charge on any atom is -0.448 e. The summed E-state index contributed by atoms with van der Waals surface area (Å²) in [7, 11) is 0. The molecule has 0 saturated heterocycles. The lowest BCUT2D eigenvalue weighted by atomic mass is 10.3. The van der Waals surface area contributed by atoms with Gasteiger partial charge in [-0.05, 0) is 31.6 Å². The zero-order valence-corrected chi connectivity index (χ0v) is 7.73.